The molecule has 0 fully saturated rings. The van der Waals surface area contributed by atoms with Crippen LogP contribution in [-0.4, -0.2) is 20.7 Å². The van der Waals surface area contributed by atoms with E-state index in [1.807, 2.05) is 37.3 Å². The molecule has 0 saturated carbocycles. The van der Waals surface area contributed by atoms with Gasteiger partial charge in [0.15, 0.2) is 0 Å². The Morgan fingerprint density at radius 2 is 1.87 bits per heavy atom. The number of benzene rings is 1. The highest BCUT2D eigenvalue weighted by Crippen LogP contribution is 2.11. The lowest BCUT2D eigenvalue weighted by Gasteiger charge is -2.09. The van der Waals surface area contributed by atoms with Gasteiger partial charge in [-0.3, -0.25) is 14.6 Å². The number of aromatic nitrogens is 3. The maximum absolute atomic E-state index is 12.4. The van der Waals surface area contributed by atoms with Gasteiger partial charge >= 0.3 is 0 Å². The van der Waals surface area contributed by atoms with Crippen LogP contribution in [-0.2, 0) is 17.9 Å². The zero-order valence-corrected chi connectivity index (χ0v) is 12.7. The second-order valence-electron chi connectivity index (χ2n) is 5.19. The number of hydrogen-bond acceptors (Lipinski definition) is 4. The highest BCUT2D eigenvalue weighted by Gasteiger charge is 2.10. The monoisotopic (exact) mass is 308 g/mol. The highest BCUT2D eigenvalue weighted by atomic mass is 16.2. The van der Waals surface area contributed by atoms with Crippen molar-refractivity contribution in [2.45, 2.75) is 20.0 Å². The van der Waals surface area contributed by atoms with Gasteiger partial charge in [0.05, 0.1) is 23.3 Å². The van der Waals surface area contributed by atoms with E-state index < -0.39 is 0 Å². The summed E-state index contributed by atoms with van der Waals surface area (Å²) in [6.45, 7) is 2.03. The van der Waals surface area contributed by atoms with Crippen LogP contribution >= 0.6 is 0 Å². The van der Waals surface area contributed by atoms with Gasteiger partial charge in [-0.15, -0.1) is 0 Å². The lowest BCUT2D eigenvalue weighted by atomic mass is 10.1. The smallest absolute Gasteiger partial charge is 0.275 e. The number of nitrogens with one attached hydrogen (secondary N) is 1. The van der Waals surface area contributed by atoms with Gasteiger partial charge in [0.2, 0.25) is 5.91 Å². The molecule has 23 heavy (non-hydrogen) atoms. The van der Waals surface area contributed by atoms with Gasteiger partial charge in [-0.1, -0.05) is 24.3 Å². The Morgan fingerprint density at radius 1 is 1.13 bits per heavy atom. The van der Waals surface area contributed by atoms with Crippen LogP contribution in [0.15, 0.2) is 53.5 Å². The third kappa shape index (κ3) is 3.26. The lowest BCUT2D eigenvalue weighted by molar-refractivity contribution is -0.122. The Morgan fingerprint density at radius 3 is 2.61 bits per heavy atom. The summed E-state index contributed by atoms with van der Waals surface area (Å²) in [6.07, 6.45) is 1.67. The van der Waals surface area contributed by atoms with Crippen molar-refractivity contribution in [2.75, 3.05) is 0 Å². The molecule has 0 unspecified atom stereocenters. The number of carbonyl (C=O) groups excluding carboxylic acids is 1. The largest absolute Gasteiger partial charge is 0.349 e. The van der Waals surface area contributed by atoms with Gasteiger partial charge in [-0.2, -0.15) is 5.10 Å². The van der Waals surface area contributed by atoms with E-state index in [9.17, 15) is 9.59 Å². The molecule has 6 nitrogen and oxygen atoms in total. The molecule has 3 rings (SSSR count). The molecule has 0 aliphatic heterocycles. The first-order valence-corrected chi connectivity index (χ1v) is 7.28. The molecule has 0 saturated heterocycles. The molecule has 0 aliphatic rings. The summed E-state index contributed by atoms with van der Waals surface area (Å²) in [5, 5.41) is 8.34. The van der Waals surface area contributed by atoms with E-state index >= 15 is 0 Å². The molecule has 2 heterocycles. The lowest BCUT2D eigenvalue weighted by Crippen LogP contribution is -2.34. The molecule has 0 aliphatic carbocycles. The average Bonchev–Trinajstić information content (AvgIpc) is 2.59. The van der Waals surface area contributed by atoms with E-state index in [0.717, 1.165) is 16.8 Å². The van der Waals surface area contributed by atoms with Crippen molar-refractivity contribution in [1.82, 2.24) is 20.1 Å². The van der Waals surface area contributed by atoms with Crippen molar-refractivity contribution in [3.63, 3.8) is 0 Å². The fourth-order valence-electron chi connectivity index (χ4n) is 2.40. The van der Waals surface area contributed by atoms with Crippen LogP contribution in [0.3, 0.4) is 0 Å². The molecule has 0 spiro atoms. The zero-order valence-electron chi connectivity index (χ0n) is 12.7. The Bertz CT molecular complexity index is 903. The normalized spacial score (nSPS) is 10.7. The molecule has 3 aromatic rings. The molecule has 6 heteroatoms. The molecule has 116 valence electrons. The molecular weight excluding hydrogens is 292 g/mol. The molecule has 1 N–H and O–H groups in total. The minimum atomic E-state index is -0.278. The fourth-order valence-corrected chi connectivity index (χ4v) is 2.40. The summed E-state index contributed by atoms with van der Waals surface area (Å²) in [5.41, 5.74) is 1.22. The van der Waals surface area contributed by atoms with Crippen LogP contribution in [0.5, 0.6) is 0 Å². The van der Waals surface area contributed by atoms with Crippen LogP contribution in [0, 0.1) is 6.92 Å². The average molecular weight is 308 g/mol. The van der Waals surface area contributed by atoms with Crippen molar-refractivity contribution < 1.29 is 4.79 Å². The molecular formula is C17H16N4O2. The standard InChI is InChI=1S/C17H16N4O2/c1-12-14-7-2-3-8-15(14)17(23)21(20-12)11-16(22)19-10-13-6-4-5-9-18-13/h2-9H,10-11H2,1H3,(H,19,22). The van der Waals surface area contributed by atoms with Crippen molar-refractivity contribution in [2.24, 2.45) is 0 Å². The number of amides is 1. The number of rotatable bonds is 4. The van der Waals surface area contributed by atoms with Gasteiger partial charge in [0.1, 0.15) is 6.54 Å². The number of pyridine rings is 1. The summed E-state index contributed by atoms with van der Waals surface area (Å²) < 4.78 is 1.20. The maximum atomic E-state index is 12.4. The molecule has 1 amide bonds. The SMILES string of the molecule is Cc1nn(CC(=O)NCc2ccccn2)c(=O)c2ccccc12. The molecule has 2 aromatic heterocycles. The fraction of sp³-hybridized carbons (Fsp3) is 0.176. The maximum Gasteiger partial charge on any atom is 0.275 e. The van der Waals surface area contributed by atoms with E-state index in [1.54, 1.807) is 18.3 Å². The topological polar surface area (TPSA) is 76.9 Å². The first-order valence-electron chi connectivity index (χ1n) is 7.28. The second-order valence-corrected chi connectivity index (χ2v) is 5.19. The number of aryl methyl sites for hydroxylation is 1. The van der Waals surface area contributed by atoms with E-state index in [0.29, 0.717) is 11.9 Å². The number of nitrogens with zero attached hydrogens (tertiary/aromatic N) is 3. The van der Waals surface area contributed by atoms with Gasteiger partial charge in [0, 0.05) is 11.6 Å². The van der Waals surface area contributed by atoms with Gasteiger partial charge in [0.25, 0.3) is 5.56 Å². The van der Waals surface area contributed by atoms with Crippen molar-refractivity contribution in [3.8, 4) is 0 Å². The number of carbonyl (C=O) groups is 1. The predicted molar refractivity (Wildman–Crippen MR) is 86.8 cm³/mol. The van der Waals surface area contributed by atoms with Crippen LogP contribution < -0.4 is 10.9 Å². The Balaban J connectivity index is 1.77. The quantitative estimate of drug-likeness (QED) is 0.790. The van der Waals surface area contributed by atoms with E-state index in [4.69, 9.17) is 0 Å². The summed E-state index contributed by atoms with van der Waals surface area (Å²) in [7, 11) is 0. The van der Waals surface area contributed by atoms with Crippen molar-refractivity contribution >= 4 is 16.7 Å². The van der Waals surface area contributed by atoms with E-state index in [-0.39, 0.29) is 18.0 Å². The predicted octanol–water partition coefficient (Wildman–Crippen LogP) is 1.42. The van der Waals surface area contributed by atoms with Gasteiger partial charge in [-0.25, -0.2) is 4.68 Å². The molecule has 1 aromatic carbocycles. The summed E-state index contributed by atoms with van der Waals surface area (Å²) in [4.78, 5) is 28.6. The second kappa shape index (κ2) is 6.39. The van der Waals surface area contributed by atoms with E-state index in [1.165, 1.54) is 4.68 Å². The van der Waals surface area contributed by atoms with Crippen LogP contribution in [0.25, 0.3) is 10.8 Å². The van der Waals surface area contributed by atoms with Gasteiger partial charge in [-0.05, 0) is 25.1 Å². The Kier molecular flexibility index (Phi) is 4.14. The van der Waals surface area contributed by atoms with Crippen LogP contribution in [0.1, 0.15) is 11.4 Å². The minimum absolute atomic E-state index is 0.114. The molecule has 0 atom stereocenters. The Labute approximate surface area is 132 Å². The van der Waals surface area contributed by atoms with Crippen molar-refractivity contribution in [1.29, 1.82) is 0 Å². The summed E-state index contributed by atoms with van der Waals surface area (Å²) in [6, 6.07) is 12.7. The minimum Gasteiger partial charge on any atom is -0.349 e. The first kappa shape index (κ1) is 14.9. The third-order valence-corrected chi connectivity index (χ3v) is 3.54. The zero-order chi connectivity index (χ0) is 16.2. The molecule has 0 radical (unpaired) electrons. The number of hydrogen-bond donors (Lipinski definition) is 1. The van der Waals surface area contributed by atoms with Gasteiger partial charge < -0.3 is 5.32 Å². The van der Waals surface area contributed by atoms with Crippen molar-refractivity contribution in [3.05, 3.63) is 70.4 Å². The van der Waals surface area contributed by atoms with Crippen LogP contribution in [0.2, 0.25) is 0 Å². The Hall–Kier alpha value is -3.02. The van der Waals surface area contributed by atoms with E-state index in [2.05, 4.69) is 15.4 Å². The summed E-state index contributed by atoms with van der Waals surface area (Å²) in [5.74, 6) is -0.278. The highest BCUT2D eigenvalue weighted by molar-refractivity contribution is 5.83. The summed E-state index contributed by atoms with van der Waals surface area (Å²) >= 11 is 0. The molecule has 0 bridgehead atoms. The van der Waals surface area contributed by atoms with Crippen LogP contribution in [0.4, 0.5) is 0 Å². The number of fused-ring (bicyclic) bond motifs is 1. The third-order valence-electron chi connectivity index (χ3n) is 3.54. The first-order chi connectivity index (χ1) is 11.1.